The predicted molar refractivity (Wildman–Crippen MR) is 109 cm³/mol. The molecule has 134 valence electrons. The summed E-state index contributed by atoms with van der Waals surface area (Å²) in [4.78, 5) is 13.7. The van der Waals surface area contributed by atoms with Crippen LogP contribution in [0.5, 0.6) is 5.75 Å². The number of aromatic nitrogens is 3. The van der Waals surface area contributed by atoms with E-state index < -0.39 is 0 Å². The fraction of sp³-hybridized carbons (Fsp3) is 0.136. The number of methoxy groups -OCH3 is 1. The Morgan fingerprint density at radius 1 is 0.963 bits per heavy atom. The van der Waals surface area contributed by atoms with Gasteiger partial charge in [-0.25, -0.2) is 9.97 Å². The molecule has 27 heavy (non-hydrogen) atoms. The Bertz CT molecular complexity index is 1110. The second-order valence-electron chi connectivity index (χ2n) is 6.30. The van der Waals surface area contributed by atoms with Gasteiger partial charge in [-0.3, -0.25) is 4.98 Å². The highest BCUT2D eigenvalue weighted by molar-refractivity contribution is 5.94. The first kappa shape index (κ1) is 17.0. The molecule has 0 saturated heterocycles. The molecule has 2 aromatic heterocycles. The highest BCUT2D eigenvalue weighted by Crippen LogP contribution is 2.33. The fourth-order valence-corrected chi connectivity index (χ4v) is 3.20. The van der Waals surface area contributed by atoms with Crippen LogP contribution in [-0.4, -0.2) is 29.1 Å². The van der Waals surface area contributed by atoms with Crippen LogP contribution in [0.2, 0.25) is 0 Å². The summed E-state index contributed by atoms with van der Waals surface area (Å²) in [7, 11) is 3.55. The number of ether oxygens (including phenoxy) is 1. The van der Waals surface area contributed by atoms with Gasteiger partial charge in [-0.2, -0.15) is 0 Å². The average molecular weight is 356 g/mol. The molecule has 5 heteroatoms. The Morgan fingerprint density at radius 3 is 2.56 bits per heavy atom. The van der Waals surface area contributed by atoms with Gasteiger partial charge < -0.3 is 10.1 Å². The molecule has 0 bridgehead atoms. The maximum Gasteiger partial charge on any atom is 0.163 e. The largest absolute Gasteiger partial charge is 0.497 e. The summed E-state index contributed by atoms with van der Waals surface area (Å²) < 4.78 is 5.37. The molecular formula is C22H20N4O. The normalized spacial score (nSPS) is 10.8. The second-order valence-corrected chi connectivity index (χ2v) is 6.30. The van der Waals surface area contributed by atoms with Gasteiger partial charge >= 0.3 is 0 Å². The Balaban J connectivity index is 1.94. The quantitative estimate of drug-likeness (QED) is 0.573. The van der Waals surface area contributed by atoms with Crippen molar-refractivity contribution in [3.05, 3.63) is 66.5 Å². The Hall–Kier alpha value is -3.47. The summed E-state index contributed by atoms with van der Waals surface area (Å²) in [6.07, 6.45) is 3.52. The summed E-state index contributed by atoms with van der Waals surface area (Å²) in [6.45, 7) is 2.10. The van der Waals surface area contributed by atoms with Crippen LogP contribution in [-0.2, 0) is 0 Å². The SMILES string of the molecule is CNc1nc(-c2cccnc2)nc2cc(-c3cccc(OC)c3)c(C)cc12. The van der Waals surface area contributed by atoms with E-state index in [-0.39, 0.29) is 0 Å². The van der Waals surface area contributed by atoms with E-state index in [2.05, 4.69) is 40.4 Å². The topological polar surface area (TPSA) is 59.9 Å². The summed E-state index contributed by atoms with van der Waals surface area (Å²) in [5.41, 5.74) is 5.15. The molecule has 4 rings (SSSR count). The summed E-state index contributed by atoms with van der Waals surface area (Å²) >= 11 is 0. The Morgan fingerprint density at radius 2 is 1.81 bits per heavy atom. The van der Waals surface area contributed by atoms with Crippen LogP contribution < -0.4 is 10.1 Å². The third-order valence-electron chi connectivity index (χ3n) is 4.58. The van der Waals surface area contributed by atoms with E-state index in [4.69, 9.17) is 9.72 Å². The van der Waals surface area contributed by atoms with Crippen LogP contribution in [0.4, 0.5) is 5.82 Å². The molecule has 0 aliphatic carbocycles. The van der Waals surface area contributed by atoms with Gasteiger partial charge in [-0.1, -0.05) is 12.1 Å². The average Bonchev–Trinajstić information content (AvgIpc) is 2.73. The first-order chi connectivity index (χ1) is 13.2. The minimum absolute atomic E-state index is 0.653. The van der Waals surface area contributed by atoms with E-state index in [0.29, 0.717) is 5.82 Å². The third-order valence-corrected chi connectivity index (χ3v) is 4.58. The molecule has 5 nitrogen and oxygen atoms in total. The van der Waals surface area contributed by atoms with Gasteiger partial charge in [-0.05, 0) is 60.0 Å². The van der Waals surface area contributed by atoms with Gasteiger partial charge in [0.1, 0.15) is 11.6 Å². The van der Waals surface area contributed by atoms with Crippen LogP contribution in [0.25, 0.3) is 33.4 Å². The lowest BCUT2D eigenvalue weighted by Crippen LogP contribution is -2.00. The molecule has 0 atom stereocenters. The van der Waals surface area contributed by atoms with Gasteiger partial charge in [0, 0.05) is 30.4 Å². The van der Waals surface area contributed by atoms with Crippen molar-refractivity contribution >= 4 is 16.7 Å². The first-order valence-corrected chi connectivity index (χ1v) is 8.74. The molecule has 1 N–H and O–H groups in total. The van der Waals surface area contributed by atoms with Crippen molar-refractivity contribution in [1.29, 1.82) is 0 Å². The number of pyridine rings is 1. The van der Waals surface area contributed by atoms with Gasteiger partial charge in [0.05, 0.1) is 12.6 Å². The molecule has 0 fully saturated rings. The number of anilines is 1. The molecule has 0 spiro atoms. The number of nitrogens with one attached hydrogen (secondary N) is 1. The van der Waals surface area contributed by atoms with E-state index in [0.717, 1.165) is 44.7 Å². The van der Waals surface area contributed by atoms with Crippen LogP contribution in [0.15, 0.2) is 60.9 Å². The zero-order valence-corrected chi connectivity index (χ0v) is 15.5. The number of hydrogen-bond acceptors (Lipinski definition) is 5. The molecule has 0 aliphatic heterocycles. The van der Waals surface area contributed by atoms with Crippen LogP contribution in [0.3, 0.4) is 0 Å². The lowest BCUT2D eigenvalue weighted by atomic mass is 9.98. The molecule has 0 unspecified atom stereocenters. The monoisotopic (exact) mass is 356 g/mol. The number of hydrogen-bond donors (Lipinski definition) is 1. The van der Waals surface area contributed by atoms with Crippen molar-refractivity contribution < 1.29 is 4.74 Å². The van der Waals surface area contributed by atoms with Crippen molar-refractivity contribution in [2.45, 2.75) is 6.92 Å². The van der Waals surface area contributed by atoms with Gasteiger partial charge in [0.15, 0.2) is 5.82 Å². The van der Waals surface area contributed by atoms with Gasteiger partial charge in [0.25, 0.3) is 0 Å². The summed E-state index contributed by atoms with van der Waals surface area (Å²) in [5, 5.41) is 4.19. The van der Waals surface area contributed by atoms with Gasteiger partial charge in [-0.15, -0.1) is 0 Å². The highest BCUT2D eigenvalue weighted by Gasteiger charge is 2.12. The fourth-order valence-electron chi connectivity index (χ4n) is 3.20. The zero-order valence-electron chi connectivity index (χ0n) is 15.5. The number of fused-ring (bicyclic) bond motifs is 1. The summed E-state index contributed by atoms with van der Waals surface area (Å²) in [5.74, 6) is 2.29. The second kappa shape index (κ2) is 7.03. The first-order valence-electron chi connectivity index (χ1n) is 8.74. The molecule has 0 radical (unpaired) electrons. The molecule has 4 aromatic rings. The number of rotatable bonds is 4. The number of benzene rings is 2. The Labute approximate surface area is 158 Å². The van der Waals surface area contributed by atoms with Crippen molar-refractivity contribution in [2.24, 2.45) is 0 Å². The summed E-state index contributed by atoms with van der Waals surface area (Å²) in [6, 6.07) is 16.2. The number of nitrogens with zero attached hydrogens (tertiary/aromatic N) is 3. The van der Waals surface area contributed by atoms with Crippen LogP contribution in [0.1, 0.15) is 5.56 Å². The Kier molecular flexibility index (Phi) is 4.42. The van der Waals surface area contributed by atoms with Crippen molar-refractivity contribution in [3.8, 4) is 28.3 Å². The molecular weight excluding hydrogens is 336 g/mol. The predicted octanol–water partition coefficient (Wildman–Crippen LogP) is 4.72. The standard InChI is InChI=1S/C22H20N4O/c1-14-10-19-20(12-18(14)15-6-4-8-17(11-15)27-3)25-21(26-22(19)23-2)16-7-5-9-24-13-16/h4-13H,1-3H3,(H,23,25,26). The minimum Gasteiger partial charge on any atom is -0.497 e. The third kappa shape index (κ3) is 3.19. The molecule has 0 saturated carbocycles. The van der Waals surface area contributed by atoms with E-state index in [1.165, 1.54) is 0 Å². The molecule has 0 amide bonds. The number of aryl methyl sites for hydroxylation is 1. The van der Waals surface area contributed by atoms with Crippen LogP contribution >= 0.6 is 0 Å². The van der Waals surface area contributed by atoms with Crippen molar-refractivity contribution in [1.82, 2.24) is 15.0 Å². The van der Waals surface area contributed by atoms with Crippen LogP contribution in [0, 0.1) is 6.92 Å². The molecule has 2 aromatic carbocycles. The van der Waals surface area contributed by atoms with Gasteiger partial charge in [0.2, 0.25) is 0 Å². The highest BCUT2D eigenvalue weighted by atomic mass is 16.5. The smallest absolute Gasteiger partial charge is 0.163 e. The maximum absolute atomic E-state index is 5.37. The van der Waals surface area contributed by atoms with E-state index in [1.54, 1.807) is 19.5 Å². The molecule has 0 aliphatic rings. The van der Waals surface area contributed by atoms with E-state index in [1.807, 2.05) is 37.4 Å². The van der Waals surface area contributed by atoms with Crippen molar-refractivity contribution in [3.63, 3.8) is 0 Å². The zero-order chi connectivity index (χ0) is 18.8. The lowest BCUT2D eigenvalue weighted by Gasteiger charge is -2.13. The maximum atomic E-state index is 5.37. The lowest BCUT2D eigenvalue weighted by molar-refractivity contribution is 0.415. The molecule has 2 heterocycles. The van der Waals surface area contributed by atoms with E-state index in [9.17, 15) is 0 Å². The minimum atomic E-state index is 0.653. The van der Waals surface area contributed by atoms with E-state index >= 15 is 0 Å². The van der Waals surface area contributed by atoms with Crippen molar-refractivity contribution in [2.75, 3.05) is 19.5 Å².